The van der Waals surface area contributed by atoms with Crippen LogP contribution in [0.3, 0.4) is 0 Å². The first-order valence-corrected chi connectivity index (χ1v) is 8.64. The van der Waals surface area contributed by atoms with E-state index >= 15 is 0 Å². The Hall–Kier alpha value is -3.65. The molecule has 3 aromatic carbocycles. The van der Waals surface area contributed by atoms with Gasteiger partial charge in [-0.25, -0.2) is 4.79 Å². The number of ketones is 1. The lowest BCUT2D eigenvalue weighted by Gasteiger charge is -2.26. The fraction of sp³-hybridized carbons (Fsp3) is 0.136. The maximum atomic E-state index is 13.4. The Kier molecular flexibility index (Phi) is 3.89. The number of nitriles is 1. The van der Waals surface area contributed by atoms with Crippen LogP contribution in [0.1, 0.15) is 28.4 Å². The highest BCUT2D eigenvalue weighted by Gasteiger charge is 2.54. The molecule has 4 rings (SSSR count). The van der Waals surface area contributed by atoms with Gasteiger partial charge in [-0.3, -0.25) is 4.79 Å². The van der Waals surface area contributed by atoms with E-state index in [9.17, 15) is 9.59 Å². The first-order valence-electron chi connectivity index (χ1n) is 8.64. The van der Waals surface area contributed by atoms with Crippen LogP contribution in [0.2, 0.25) is 0 Å². The highest BCUT2D eigenvalue weighted by atomic mass is 16.5. The number of carbonyl (C=O) groups is 2. The van der Waals surface area contributed by atoms with Gasteiger partial charge in [-0.1, -0.05) is 42.5 Å². The van der Waals surface area contributed by atoms with Crippen LogP contribution < -0.4 is 5.32 Å². The number of hydrogen-bond acceptors (Lipinski definition) is 5. The van der Waals surface area contributed by atoms with Gasteiger partial charge in [-0.05, 0) is 36.1 Å². The van der Waals surface area contributed by atoms with Gasteiger partial charge in [0.1, 0.15) is 0 Å². The largest absolute Gasteiger partial charge is 0.464 e. The first kappa shape index (κ1) is 16.8. The molecule has 5 nitrogen and oxygen atoms in total. The second kappa shape index (κ2) is 6.26. The van der Waals surface area contributed by atoms with Gasteiger partial charge in [0.25, 0.3) is 0 Å². The van der Waals surface area contributed by atoms with Crippen molar-refractivity contribution < 1.29 is 14.3 Å². The number of fused-ring (bicyclic) bond motifs is 3. The number of benzene rings is 3. The van der Waals surface area contributed by atoms with Crippen molar-refractivity contribution in [1.82, 2.24) is 0 Å². The zero-order valence-electron chi connectivity index (χ0n) is 14.7. The molecule has 3 aromatic rings. The average Bonchev–Trinajstić information content (AvgIpc) is 3.02. The zero-order chi connectivity index (χ0) is 19.0. The molecule has 1 heterocycles. The lowest BCUT2D eigenvalue weighted by atomic mass is 9.85. The maximum Gasteiger partial charge on any atom is 0.344 e. The van der Waals surface area contributed by atoms with Gasteiger partial charge in [0, 0.05) is 10.9 Å². The van der Waals surface area contributed by atoms with Crippen molar-refractivity contribution in [2.75, 3.05) is 11.9 Å². The Balaban J connectivity index is 1.94. The number of nitrogens with one attached hydrogen (secondary N) is 1. The zero-order valence-corrected chi connectivity index (χ0v) is 14.7. The lowest BCUT2D eigenvalue weighted by Crippen LogP contribution is -2.47. The van der Waals surface area contributed by atoms with E-state index in [4.69, 9.17) is 10.00 Å². The topological polar surface area (TPSA) is 79.2 Å². The van der Waals surface area contributed by atoms with Gasteiger partial charge in [0.15, 0.2) is 0 Å². The molecule has 0 aromatic heterocycles. The fourth-order valence-electron chi connectivity index (χ4n) is 3.54. The number of esters is 1. The Labute approximate surface area is 156 Å². The van der Waals surface area contributed by atoms with Crippen LogP contribution in [0, 0.1) is 11.3 Å². The van der Waals surface area contributed by atoms with Crippen LogP contribution in [0.15, 0.2) is 60.7 Å². The van der Waals surface area contributed by atoms with E-state index in [0.717, 1.165) is 10.8 Å². The van der Waals surface area contributed by atoms with Crippen LogP contribution in [0.25, 0.3) is 10.8 Å². The van der Waals surface area contributed by atoms with Gasteiger partial charge < -0.3 is 10.1 Å². The highest BCUT2D eigenvalue weighted by molar-refractivity contribution is 6.27. The van der Waals surface area contributed by atoms with Gasteiger partial charge in [-0.2, -0.15) is 5.26 Å². The third-order valence-corrected chi connectivity index (χ3v) is 4.86. The number of carbonyl (C=O) groups excluding carboxylic acids is 2. The molecule has 0 fully saturated rings. The minimum atomic E-state index is -1.66. The Morgan fingerprint density at radius 1 is 1.11 bits per heavy atom. The summed E-state index contributed by atoms with van der Waals surface area (Å²) in [6.07, 6.45) is 0. The second-order valence-corrected chi connectivity index (χ2v) is 6.32. The summed E-state index contributed by atoms with van der Waals surface area (Å²) in [4.78, 5) is 26.4. The van der Waals surface area contributed by atoms with Gasteiger partial charge in [0.2, 0.25) is 11.3 Å². The van der Waals surface area contributed by atoms with Crippen molar-refractivity contribution in [2.24, 2.45) is 0 Å². The van der Waals surface area contributed by atoms with Crippen molar-refractivity contribution in [3.8, 4) is 6.07 Å². The third-order valence-electron chi connectivity index (χ3n) is 4.86. The summed E-state index contributed by atoms with van der Waals surface area (Å²) in [6.45, 7) is 1.86. The van der Waals surface area contributed by atoms with E-state index < -0.39 is 11.5 Å². The molecule has 0 radical (unpaired) electrons. The van der Waals surface area contributed by atoms with Gasteiger partial charge in [-0.15, -0.1) is 0 Å². The summed E-state index contributed by atoms with van der Waals surface area (Å²) < 4.78 is 5.27. The molecule has 0 aliphatic carbocycles. The number of rotatable bonds is 3. The normalized spacial score (nSPS) is 17.9. The second-order valence-electron chi connectivity index (χ2n) is 6.32. The van der Waals surface area contributed by atoms with E-state index in [1.165, 1.54) is 0 Å². The van der Waals surface area contributed by atoms with Crippen molar-refractivity contribution in [3.05, 3.63) is 77.4 Å². The number of ether oxygens (including phenoxy) is 1. The van der Waals surface area contributed by atoms with Crippen molar-refractivity contribution in [2.45, 2.75) is 12.5 Å². The van der Waals surface area contributed by atoms with E-state index in [2.05, 4.69) is 5.32 Å². The van der Waals surface area contributed by atoms with Crippen LogP contribution >= 0.6 is 0 Å². The molecule has 0 saturated heterocycles. The van der Waals surface area contributed by atoms with Crippen molar-refractivity contribution >= 4 is 28.2 Å². The van der Waals surface area contributed by atoms with Crippen LogP contribution in [-0.4, -0.2) is 18.4 Å². The predicted octanol–water partition coefficient (Wildman–Crippen LogP) is 3.78. The summed E-state index contributed by atoms with van der Waals surface area (Å²) in [6, 6.07) is 19.7. The van der Waals surface area contributed by atoms with E-state index in [0.29, 0.717) is 22.4 Å². The molecule has 1 N–H and O–H groups in total. The predicted molar refractivity (Wildman–Crippen MR) is 101 cm³/mol. The van der Waals surface area contributed by atoms with Crippen molar-refractivity contribution in [1.29, 1.82) is 5.26 Å². The van der Waals surface area contributed by atoms with Crippen LogP contribution in [0.4, 0.5) is 5.69 Å². The smallest absolute Gasteiger partial charge is 0.344 e. The van der Waals surface area contributed by atoms with Crippen molar-refractivity contribution in [3.63, 3.8) is 0 Å². The van der Waals surface area contributed by atoms with Crippen LogP contribution in [0.5, 0.6) is 0 Å². The molecule has 0 spiro atoms. The quantitative estimate of drug-likeness (QED) is 0.571. The summed E-state index contributed by atoms with van der Waals surface area (Å²) in [5.41, 5.74) is 0.314. The summed E-state index contributed by atoms with van der Waals surface area (Å²) in [7, 11) is 0. The fourth-order valence-corrected chi connectivity index (χ4v) is 3.54. The maximum absolute atomic E-state index is 13.4. The SMILES string of the molecule is CCOC(=O)[C@]1(c2ccc(C#N)cc2)Nc2c(ccc3ccccc23)C1=O. The summed E-state index contributed by atoms with van der Waals surface area (Å²) >= 11 is 0. The summed E-state index contributed by atoms with van der Waals surface area (Å²) in [5, 5.41) is 14.0. The number of nitrogens with zero attached hydrogens (tertiary/aromatic N) is 1. The molecule has 1 aliphatic heterocycles. The molecule has 27 heavy (non-hydrogen) atoms. The molecular formula is C22H16N2O3. The molecule has 5 heteroatoms. The first-order chi connectivity index (χ1) is 13.1. The molecule has 0 bridgehead atoms. The molecule has 1 aliphatic rings. The number of Topliss-reactive ketones (excluding diaryl/α,β-unsaturated/α-hetero) is 1. The number of anilines is 1. The monoisotopic (exact) mass is 356 g/mol. The molecule has 0 amide bonds. The molecular weight excluding hydrogens is 340 g/mol. The van der Waals surface area contributed by atoms with Gasteiger partial charge >= 0.3 is 5.97 Å². The summed E-state index contributed by atoms with van der Waals surface area (Å²) in [5.74, 6) is -1.01. The third kappa shape index (κ3) is 2.38. The van der Waals surface area contributed by atoms with Crippen LogP contribution in [-0.2, 0) is 15.1 Å². The van der Waals surface area contributed by atoms with E-state index in [1.54, 1.807) is 37.3 Å². The Morgan fingerprint density at radius 2 is 1.85 bits per heavy atom. The Morgan fingerprint density at radius 3 is 2.56 bits per heavy atom. The standard InChI is InChI=1S/C22H16N2O3/c1-2-27-21(26)22(16-10-7-14(13-23)8-11-16)20(25)18-12-9-15-5-3-4-6-17(15)19(18)24-22/h3-12,24H,2H2,1H3/t22-/m1/s1. The molecule has 0 saturated carbocycles. The molecule has 0 unspecified atom stereocenters. The molecule has 132 valence electrons. The lowest BCUT2D eigenvalue weighted by molar-refractivity contribution is -0.146. The minimum absolute atomic E-state index is 0.156. The highest BCUT2D eigenvalue weighted by Crippen LogP contribution is 2.43. The minimum Gasteiger partial charge on any atom is -0.464 e. The van der Waals surface area contributed by atoms with E-state index in [-0.39, 0.29) is 12.4 Å². The van der Waals surface area contributed by atoms with Gasteiger partial charge in [0.05, 0.1) is 23.9 Å². The van der Waals surface area contributed by atoms with E-state index in [1.807, 2.05) is 36.4 Å². The molecule has 1 atom stereocenters. The average molecular weight is 356 g/mol. The number of hydrogen-bond donors (Lipinski definition) is 1. The Bertz CT molecular complexity index is 1110.